The Morgan fingerprint density at radius 3 is 3.08 bits per heavy atom. The van der Waals surface area contributed by atoms with E-state index in [9.17, 15) is 5.02 Å². The number of nitrogen functional groups attached to an aromatic ring is 1. The minimum Gasteiger partial charge on any atom is -0.423 e. The third-order valence-electron chi connectivity index (χ3n) is 1.94. The number of halogens is 1. The minimum absolute atomic E-state index is 0.361. The van der Waals surface area contributed by atoms with Crippen LogP contribution in [0.25, 0.3) is 0 Å². The Bertz CT molecular complexity index is 331. The van der Waals surface area contributed by atoms with Crippen LogP contribution in [0.15, 0.2) is 12.1 Å². The lowest BCUT2D eigenvalue weighted by atomic mass is 9.79. The molecule has 1 aromatic carbocycles. The van der Waals surface area contributed by atoms with Crippen molar-refractivity contribution < 1.29 is 9.68 Å². The molecule has 2 rings (SSSR count). The number of fused-ring (bicyclic) bond motifs is 1. The molecule has 0 saturated heterocycles. The molecule has 1 heterocycles. The van der Waals surface area contributed by atoms with Crippen molar-refractivity contribution in [3.05, 3.63) is 22.7 Å². The van der Waals surface area contributed by atoms with E-state index >= 15 is 0 Å². The van der Waals surface area contributed by atoms with Crippen molar-refractivity contribution in [2.75, 3.05) is 5.73 Å². The van der Waals surface area contributed by atoms with Crippen LogP contribution in [-0.4, -0.2) is 12.1 Å². The first-order chi connectivity index (χ1) is 5.68. The summed E-state index contributed by atoms with van der Waals surface area (Å²) in [5.41, 5.74) is 7.76. The quantitative estimate of drug-likeness (QED) is 0.444. The molecular weight excluding hydrogens is 176 g/mol. The number of nitrogens with two attached hydrogens (primary N) is 1. The average molecular weight is 183 g/mol. The van der Waals surface area contributed by atoms with E-state index in [0.29, 0.717) is 22.8 Å². The van der Waals surface area contributed by atoms with Gasteiger partial charge in [-0.3, -0.25) is 0 Å². The van der Waals surface area contributed by atoms with E-state index in [1.54, 1.807) is 12.1 Å². The minimum atomic E-state index is -0.874. The number of rotatable bonds is 0. The van der Waals surface area contributed by atoms with E-state index in [0.717, 1.165) is 5.56 Å². The Morgan fingerprint density at radius 1 is 1.58 bits per heavy atom. The van der Waals surface area contributed by atoms with Gasteiger partial charge in [0.25, 0.3) is 0 Å². The predicted octanol–water partition coefficient (Wildman–Crippen LogP) is 0.140. The summed E-state index contributed by atoms with van der Waals surface area (Å²) in [5, 5.41) is 9.82. The lowest BCUT2D eigenvalue weighted by Gasteiger charge is -2.02. The fraction of sp³-hybridized carbons (Fsp3) is 0.143. The van der Waals surface area contributed by atoms with Crippen molar-refractivity contribution in [3.63, 3.8) is 0 Å². The molecule has 0 saturated carbocycles. The summed E-state index contributed by atoms with van der Waals surface area (Å²) >= 11 is 5.75. The van der Waals surface area contributed by atoms with Crippen molar-refractivity contribution in [2.24, 2.45) is 0 Å². The maximum atomic E-state index is 9.29. The third kappa shape index (κ3) is 1.08. The normalized spacial score (nSPS) is 15.0. The molecule has 0 bridgehead atoms. The van der Waals surface area contributed by atoms with Gasteiger partial charge in [-0.1, -0.05) is 11.6 Å². The summed E-state index contributed by atoms with van der Waals surface area (Å²) < 4.78 is 4.98. The Labute approximate surface area is 75.2 Å². The fourth-order valence-electron chi connectivity index (χ4n) is 1.32. The number of benzene rings is 1. The summed E-state index contributed by atoms with van der Waals surface area (Å²) in [7, 11) is -0.874. The van der Waals surface area contributed by atoms with Crippen molar-refractivity contribution in [1.82, 2.24) is 0 Å². The summed E-state index contributed by atoms with van der Waals surface area (Å²) in [4.78, 5) is 0. The maximum absolute atomic E-state index is 9.29. The van der Waals surface area contributed by atoms with Crippen LogP contribution in [0.3, 0.4) is 0 Å². The van der Waals surface area contributed by atoms with Crippen LogP contribution in [0.1, 0.15) is 5.56 Å². The van der Waals surface area contributed by atoms with Crippen LogP contribution in [0.5, 0.6) is 0 Å². The van der Waals surface area contributed by atoms with Gasteiger partial charge in [0, 0.05) is 10.7 Å². The zero-order valence-electron chi connectivity index (χ0n) is 6.25. The molecule has 0 unspecified atom stereocenters. The highest BCUT2D eigenvalue weighted by Gasteiger charge is 2.28. The predicted molar refractivity (Wildman–Crippen MR) is 48.3 cm³/mol. The molecule has 0 aromatic heterocycles. The van der Waals surface area contributed by atoms with E-state index in [1.807, 2.05) is 0 Å². The second-order valence-corrected chi connectivity index (χ2v) is 3.16. The van der Waals surface area contributed by atoms with E-state index < -0.39 is 7.12 Å². The Morgan fingerprint density at radius 2 is 2.33 bits per heavy atom. The second kappa shape index (κ2) is 2.66. The Hall–Kier alpha value is -0.705. The first-order valence-corrected chi connectivity index (χ1v) is 3.94. The van der Waals surface area contributed by atoms with Gasteiger partial charge in [-0.25, -0.2) is 0 Å². The molecule has 0 spiro atoms. The molecule has 12 heavy (non-hydrogen) atoms. The van der Waals surface area contributed by atoms with Gasteiger partial charge in [-0.15, -0.1) is 0 Å². The van der Waals surface area contributed by atoms with Crippen molar-refractivity contribution in [2.45, 2.75) is 6.61 Å². The van der Waals surface area contributed by atoms with Gasteiger partial charge < -0.3 is 15.4 Å². The average Bonchev–Trinajstić information content (AvgIpc) is 2.33. The van der Waals surface area contributed by atoms with Crippen LogP contribution in [0, 0.1) is 0 Å². The monoisotopic (exact) mass is 183 g/mol. The topological polar surface area (TPSA) is 55.5 Å². The van der Waals surface area contributed by atoms with E-state index in [2.05, 4.69) is 0 Å². The standard InChI is InChI=1S/C7H7BClNO2/c9-4-1-6-5(7(10)2-4)3-12-8(6)11/h1-2,11H,3,10H2. The summed E-state index contributed by atoms with van der Waals surface area (Å²) in [6.07, 6.45) is 0. The summed E-state index contributed by atoms with van der Waals surface area (Å²) in [5.74, 6) is 0. The fourth-order valence-corrected chi connectivity index (χ4v) is 1.55. The molecule has 3 nitrogen and oxygen atoms in total. The van der Waals surface area contributed by atoms with Gasteiger partial charge in [0.2, 0.25) is 0 Å². The largest absolute Gasteiger partial charge is 0.491 e. The molecule has 0 amide bonds. The lowest BCUT2D eigenvalue weighted by molar-refractivity contribution is 0.276. The molecule has 5 heteroatoms. The maximum Gasteiger partial charge on any atom is 0.491 e. The van der Waals surface area contributed by atoms with E-state index in [-0.39, 0.29) is 0 Å². The van der Waals surface area contributed by atoms with Gasteiger partial charge in [-0.05, 0) is 23.2 Å². The molecule has 1 aromatic rings. The van der Waals surface area contributed by atoms with Crippen LogP contribution in [0.2, 0.25) is 5.02 Å². The van der Waals surface area contributed by atoms with Gasteiger partial charge >= 0.3 is 7.12 Å². The molecule has 1 aliphatic heterocycles. The molecule has 62 valence electrons. The van der Waals surface area contributed by atoms with Gasteiger partial charge in [0.15, 0.2) is 0 Å². The van der Waals surface area contributed by atoms with Gasteiger partial charge in [-0.2, -0.15) is 0 Å². The zero-order chi connectivity index (χ0) is 8.72. The van der Waals surface area contributed by atoms with Crippen molar-refractivity contribution >= 4 is 29.9 Å². The molecule has 3 N–H and O–H groups in total. The van der Waals surface area contributed by atoms with Gasteiger partial charge in [0.1, 0.15) is 0 Å². The Kier molecular flexibility index (Phi) is 1.75. The molecule has 0 fully saturated rings. The van der Waals surface area contributed by atoms with E-state index in [1.165, 1.54) is 0 Å². The van der Waals surface area contributed by atoms with E-state index in [4.69, 9.17) is 22.0 Å². The van der Waals surface area contributed by atoms with Crippen LogP contribution in [0.4, 0.5) is 5.69 Å². The summed E-state index contributed by atoms with van der Waals surface area (Å²) in [6.45, 7) is 0.361. The third-order valence-corrected chi connectivity index (χ3v) is 2.15. The smallest absolute Gasteiger partial charge is 0.423 e. The molecule has 0 atom stereocenters. The van der Waals surface area contributed by atoms with Crippen LogP contribution >= 0.6 is 11.6 Å². The number of anilines is 1. The second-order valence-electron chi connectivity index (χ2n) is 2.73. The van der Waals surface area contributed by atoms with Crippen LogP contribution < -0.4 is 11.2 Å². The first-order valence-electron chi connectivity index (χ1n) is 3.56. The molecule has 0 aliphatic carbocycles. The van der Waals surface area contributed by atoms with Crippen LogP contribution in [-0.2, 0) is 11.3 Å². The van der Waals surface area contributed by atoms with Crippen molar-refractivity contribution in [3.8, 4) is 0 Å². The SMILES string of the molecule is Nc1cc(Cl)cc2c1COB2O. The highest BCUT2D eigenvalue weighted by molar-refractivity contribution is 6.62. The highest BCUT2D eigenvalue weighted by atomic mass is 35.5. The number of hydrogen-bond donors (Lipinski definition) is 2. The van der Waals surface area contributed by atoms with Crippen molar-refractivity contribution in [1.29, 1.82) is 0 Å². The molecular formula is C7H7BClNO2. The highest BCUT2D eigenvalue weighted by Crippen LogP contribution is 2.21. The lowest BCUT2D eigenvalue weighted by Crippen LogP contribution is -2.28. The number of hydrogen-bond acceptors (Lipinski definition) is 3. The Balaban J connectivity index is 2.60. The summed E-state index contributed by atoms with van der Waals surface area (Å²) in [6, 6.07) is 3.33. The van der Waals surface area contributed by atoms with Gasteiger partial charge in [0.05, 0.1) is 6.61 Å². The molecule has 1 aliphatic rings. The zero-order valence-corrected chi connectivity index (χ0v) is 7.01. The molecule has 0 radical (unpaired) electrons. The first kappa shape index (κ1) is 7.92.